The largest absolute Gasteiger partial charge is 0.416 e. The van der Waals surface area contributed by atoms with E-state index in [-0.39, 0.29) is 23.6 Å². The van der Waals surface area contributed by atoms with Gasteiger partial charge in [0, 0.05) is 25.6 Å². The second-order valence-electron chi connectivity index (χ2n) is 8.25. The van der Waals surface area contributed by atoms with E-state index in [1.807, 2.05) is 37.3 Å². The molecule has 1 N–H and O–H groups in total. The third-order valence-corrected chi connectivity index (χ3v) is 5.70. The van der Waals surface area contributed by atoms with Gasteiger partial charge in [0.15, 0.2) is 0 Å². The van der Waals surface area contributed by atoms with Crippen molar-refractivity contribution < 1.29 is 35.9 Å². The van der Waals surface area contributed by atoms with Crippen LogP contribution in [-0.2, 0) is 23.7 Å². The number of nitrogens with one attached hydrogen (secondary N) is 1. The zero-order valence-corrected chi connectivity index (χ0v) is 18.5. The molecule has 4 nitrogen and oxygen atoms in total. The summed E-state index contributed by atoms with van der Waals surface area (Å²) in [6, 6.07) is 10.4. The quantitative estimate of drug-likeness (QED) is 0.491. The lowest BCUT2D eigenvalue weighted by atomic mass is 9.88. The minimum atomic E-state index is -4.92. The number of benzene rings is 2. The summed E-state index contributed by atoms with van der Waals surface area (Å²) in [5.74, 6) is -0.282. The number of piperidine rings is 1. The van der Waals surface area contributed by atoms with Crippen LogP contribution in [0.25, 0.3) is 0 Å². The molecule has 2 aromatic carbocycles. The van der Waals surface area contributed by atoms with E-state index in [4.69, 9.17) is 4.74 Å². The lowest BCUT2D eigenvalue weighted by Crippen LogP contribution is -2.49. The SMILES string of the molecule is CCCNC(=O)N1CC[C@@H](OCc2cc(C(F)(F)F)cc(C(F)(F)F)c2)[C@@H](c2ccccc2)C1. The highest BCUT2D eigenvalue weighted by Crippen LogP contribution is 2.37. The Balaban J connectivity index is 1.80. The first-order chi connectivity index (χ1) is 16.0. The van der Waals surface area contributed by atoms with E-state index < -0.39 is 36.2 Å². The summed E-state index contributed by atoms with van der Waals surface area (Å²) in [6.45, 7) is 2.73. The van der Waals surface area contributed by atoms with Gasteiger partial charge in [-0.3, -0.25) is 0 Å². The second kappa shape index (κ2) is 10.7. The molecule has 2 aromatic rings. The van der Waals surface area contributed by atoms with Crippen LogP contribution in [0.5, 0.6) is 0 Å². The van der Waals surface area contributed by atoms with E-state index in [1.165, 1.54) is 0 Å². The van der Waals surface area contributed by atoms with Gasteiger partial charge in [-0.15, -0.1) is 0 Å². The molecule has 34 heavy (non-hydrogen) atoms. The minimum absolute atomic E-state index is 0.101. The highest BCUT2D eigenvalue weighted by atomic mass is 19.4. The molecular weight excluding hydrogens is 462 g/mol. The molecule has 1 aliphatic rings. The van der Waals surface area contributed by atoms with Gasteiger partial charge in [-0.1, -0.05) is 37.3 Å². The van der Waals surface area contributed by atoms with Crippen molar-refractivity contribution in [1.82, 2.24) is 10.2 Å². The zero-order chi connectivity index (χ0) is 24.9. The number of alkyl halides is 6. The molecule has 0 saturated carbocycles. The summed E-state index contributed by atoms with van der Waals surface area (Å²) < 4.78 is 84.9. The van der Waals surface area contributed by atoms with E-state index in [0.29, 0.717) is 38.2 Å². The summed E-state index contributed by atoms with van der Waals surface area (Å²) in [7, 11) is 0. The number of nitrogens with zero attached hydrogens (tertiary/aromatic N) is 1. The lowest BCUT2D eigenvalue weighted by molar-refractivity contribution is -0.143. The fourth-order valence-corrected chi connectivity index (χ4v) is 3.98. The molecule has 1 heterocycles. The number of carbonyl (C=O) groups is 1. The van der Waals surface area contributed by atoms with Gasteiger partial charge >= 0.3 is 18.4 Å². The molecule has 3 rings (SSSR count). The van der Waals surface area contributed by atoms with Crippen LogP contribution in [-0.4, -0.2) is 36.7 Å². The third kappa shape index (κ3) is 6.65. The van der Waals surface area contributed by atoms with Gasteiger partial charge in [-0.25, -0.2) is 4.79 Å². The standard InChI is InChI=1S/C24H26F6N2O2/c1-2-9-31-22(33)32-10-8-21(20(14-32)17-6-4-3-5-7-17)34-15-16-11-18(23(25,26)27)13-19(12-16)24(28,29)30/h3-7,11-13,20-21H,2,8-10,14-15H2,1H3,(H,31,33)/t20-,21-/m1/s1. The molecule has 1 saturated heterocycles. The summed E-state index contributed by atoms with van der Waals surface area (Å²) in [5.41, 5.74) is -2.08. The Morgan fingerprint density at radius 1 is 1.03 bits per heavy atom. The van der Waals surface area contributed by atoms with Crippen molar-refractivity contribution >= 4 is 6.03 Å². The van der Waals surface area contributed by atoms with Crippen LogP contribution in [0.4, 0.5) is 31.1 Å². The van der Waals surface area contributed by atoms with Crippen molar-refractivity contribution in [2.45, 2.75) is 50.7 Å². The first kappa shape index (κ1) is 25.9. The molecule has 10 heteroatoms. The Labute approximate surface area is 193 Å². The zero-order valence-electron chi connectivity index (χ0n) is 18.5. The Morgan fingerprint density at radius 3 is 2.21 bits per heavy atom. The monoisotopic (exact) mass is 488 g/mol. The smallest absolute Gasteiger partial charge is 0.373 e. The summed E-state index contributed by atoms with van der Waals surface area (Å²) >= 11 is 0. The first-order valence-corrected chi connectivity index (χ1v) is 11.0. The number of urea groups is 1. The van der Waals surface area contributed by atoms with Crippen molar-refractivity contribution in [1.29, 1.82) is 0 Å². The fraction of sp³-hybridized carbons (Fsp3) is 0.458. The minimum Gasteiger partial charge on any atom is -0.373 e. The molecule has 0 aliphatic carbocycles. The molecule has 186 valence electrons. The van der Waals surface area contributed by atoms with E-state index in [2.05, 4.69) is 5.32 Å². The number of carbonyl (C=O) groups excluding carboxylic acids is 1. The Hall–Kier alpha value is -2.75. The molecule has 0 spiro atoms. The molecule has 0 radical (unpaired) electrons. The van der Waals surface area contributed by atoms with Crippen LogP contribution in [0.1, 0.15) is 47.9 Å². The van der Waals surface area contributed by atoms with Gasteiger partial charge in [0.2, 0.25) is 0 Å². The van der Waals surface area contributed by atoms with Gasteiger partial charge < -0.3 is 15.0 Å². The number of likely N-dealkylation sites (tertiary alicyclic amines) is 1. The topological polar surface area (TPSA) is 41.6 Å². The molecule has 2 amide bonds. The number of halogens is 6. The van der Waals surface area contributed by atoms with E-state index in [1.54, 1.807) is 4.90 Å². The maximum absolute atomic E-state index is 13.2. The maximum atomic E-state index is 13.2. The molecule has 0 unspecified atom stereocenters. The Kier molecular flexibility index (Phi) is 8.12. The summed E-state index contributed by atoms with van der Waals surface area (Å²) in [5, 5.41) is 2.82. The Bertz CT molecular complexity index is 930. The van der Waals surface area contributed by atoms with Crippen molar-refractivity contribution in [3.05, 3.63) is 70.8 Å². The van der Waals surface area contributed by atoms with Crippen molar-refractivity contribution in [2.24, 2.45) is 0 Å². The molecule has 1 fully saturated rings. The third-order valence-electron chi connectivity index (χ3n) is 5.70. The van der Waals surface area contributed by atoms with E-state index >= 15 is 0 Å². The number of amides is 2. The van der Waals surface area contributed by atoms with Gasteiger partial charge in [0.25, 0.3) is 0 Å². The molecule has 0 bridgehead atoms. The number of rotatable bonds is 6. The molecule has 1 aliphatic heterocycles. The van der Waals surface area contributed by atoms with E-state index in [0.717, 1.165) is 12.0 Å². The maximum Gasteiger partial charge on any atom is 0.416 e. The number of hydrogen-bond donors (Lipinski definition) is 1. The van der Waals surface area contributed by atoms with Crippen LogP contribution in [0, 0.1) is 0 Å². The van der Waals surface area contributed by atoms with Crippen LogP contribution in [0.15, 0.2) is 48.5 Å². The van der Waals surface area contributed by atoms with Gasteiger partial charge in [-0.2, -0.15) is 26.3 Å². The van der Waals surface area contributed by atoms with Crippen LogP contribution < -0.4 is 5.32 Å². The van der Waals surface area contributed by atoms with Gasteiger partial charge in [0.1, 0.15) is 0 Å². The molecular formula is C24H26F6N2O2. The van der Waals surface area contributed by atoms with Crippen molar-refractivity contribution in [3.8, 4) is 0 Å². The second-order valence-corrected chi connectivity index (χ2v) is 8.25. The molecule has 0 aromatic heterocycles. The van der Waals surface area contributed by atoms with Gasteiger partial charge in [-0.05, 0) is 42.2 Å². The first-order valence-electron chi connectivity index (χ1n) is 11.0. The van der Waals surface area contributed by atoms with Crippen LogP contribution >= 0.6 is 0 Å². The highest BCUT2D eigenvalue weighted by Gasteiger charge is 2.37. The highest BCUT2D eigenvalue weighted by molar-refractivity contribution is 5.74. The summed E-state index contributed by atoms with van der Waals surface area (Å²) in [4.78, 5) is 14.1. The van der Waals surface area contributed by atoms with Crippen molar-refractivity contribution in [3.63, 3.8) is 0 Å². The van der Waals surface area contributed by atoms with Gasteiger partial charge in [0.05, 0.1) is 23.8 Å². The van der Waals surface area contributed by atoms with Crippen molar-refractivity contribution in [2.75, 3.05) is 19.6 Å². The van der Waals surface area contributed by atoms with E-state index in [9.17, 15) is 31.1 Å². The predicted molar refractivity (Wildman–Crippen MR) is 114 cm³/mol. The fourth-order valence-electron chi connectivity index (χ4n) is 3.98. The lowest BCUT2D eigenvalue weighted by Gasteiger charge is -2.38. The molecule has 2 atom stereocenters. The van der Waals surface area contributed by atoms with Crippen LogP contribution in [0.2, 0.25) is 0 Å². The number of ether oxygens (including phenoxy) is 1. The Morgan fingerprint density at radius 2 is 1.65 bits per heavy atom. The average molecular weight is 488 g/mol. The predicted octanol–water partition coefficient (Wildman–Crippen LogP) is 6.22. The number of hydrogen-bond acceptors (Lipinski definition) is 2. The normalized spacial score (nSPS) is 19.2. The average Bonchev–Trinajstić information content (AvgIpc) is 2.80. The summed E-state index contributed by atoms with van der Waals surface area (Å²) in [6.07, 6.45) is -9.14. The van der Waals surface area contributed by atoms with Crippen LogP contribution in [0.3, 0.4) is 0 Å².